The highest BCUT2D eigenvalue weighted by Gasteiger charge is 2.20. The van der Waals surface area contributed by atoms with Crippen LogP contribution in [0, 0.1) is 11.3 Å². The molecule has 0 unspecified atom stereocenters. The van der Waals surface area contributed by atoms with Crippen LogP contribution in [0.15, 0.2) is 54.7 Å². The molecule has 24 heavy (non-hydrogen) atoms. The van der Waals surface area contributed by atoms with Gasteiger partial charge in [-0.25, -0.2) is 0 Å². The summed E-state index contributed by atoms with van der Waals surface area (Å²) in [4.78, 5) is 4.69. The molecule has 1 aliphatic rings. The average Bonchev–Trinajstić information content (AvgIpc) is 2.82. The van der Waals surface area contributed by atoms with Crippen molar-refractivity contribution in [3.63, 3.8) is 0 Å². The Morgan fingerprint density at radius 3 is 2.58 bits per heavy atom. The topological polar surface area (TPSA) is 62.7 Å². The van der Waals surface area contributed by atoms with Gasteiger partial charge in [-0.05, 0) is 35.6 Å². The number of nitrogen functional groups attached to an aromatic ring is 1. The first-order chi connectivity index (χ1) is 11.8. The maximum absolute atomic E-state index is 9.36. The fourth-order valence-corrected chi connectivity index (χ4v) is 3.50. The number of nitrogens with two attached hydrogens (primary N) is 1. The van der Waals surface area contributed by atoms with E-state index in [0.29, 0.717) is 0 Å². The molecule has 3 aromatic rings. The van der Waals surface area contributed by atoms with Crippen LogP contribution in [0.2, 0.25) is 0 Å². The second kappa shape index (κ2) is 5.82. The van der Waals surface area contributed by atoms with Gasteiger partial charge in [-0.15, -0.1) is 0 Å². The summed E-state index contributed by atoms with van der Waals surface area (Å²) in [6, 6.07) is 18.4. The zero-order valence-electron chi connectivity index (χ0n) is 13.3. The first-order valence-corrected chi connectivity index (χ1v) is 8.10. The lowest BCUT2D eigenvalue weighted by atomic mass is 9.95. The van der Waals surface area contributed by atoms with Crippen LogP contribution in [0.4, 0.5) is 5.69 Å². The van der Waals surface area contributed by atoms with Crippen LogP contribution in [0.1, 0.15) is 27.9 Å². The quantitative estimate of drug-likeness (QED) is 0.741. The lowest BCUT2D eigenvalue weighted by molar-refractivity contribution is 0.915. The largest absolute Gasteiger partial charge is 0.398 e. The summed E-state index contributed by atoms with van der Waals surface area (Å²) in [7, 11) is 0. The van der Waals surface area contributed by atoms with Gasteiger partial charge in [0.2, 0.25) is 0 Å². The summed E-state index contributed by atoms with van der Waals surface area (Å²) in [5.74, 6) is 0. The van der Waals surface area contributed by atoms with Crippen molar-refractivity contribution < 1.29 is 0 Å². The van der Waals surface area contributed by atoms with E-state index in [1.54, 1.807) is 0 Å². The minimum atomic E-state index is 0.736. The molecule has 0 amide bonds. The first kappa shape index (κ1) is 14.5. The molecule has 0 spiro atoms. The number of fused-ring (bicyclic) bond motifs is 2. The smallest absolute Gasteiger partial charge is 0.0994 e. The van der Waals surface area contributed by atoms with Gasteiger partial charge in [0.25, 0.3) is 0 Å². The molecule has 0 radical (unpaired) electrons. The van der Waals surface area contributed by atoms with Crippen molar-refractivity contribution in [1.29, 1.82) is 5.26 Å². The van der Waals surface area contributed by atoms with Gasteiger partial charge in [-0.3, -0.25) is 4.98 Å². The van der Waals surface area contributed by atoms with Gasteiger partial charge < -0.3 is 5.73 Å². The van der Waals surface area contributed by atoms with Crippen molar-refractivity contribution in [2.75, 3.05) is 5.73 Å². The van der Waals surface area contributed by atoms with Crippen LogP contribution in [-0.4, -0.2) is 4.98 Å². The molecule has 3 heteroatoms. The van der Waals surface area contributed by atoms with Crippen LogP contribution in [0.3, 0.4) is 0 Å². The molecule has 2 aromatic carbocycles. The van der Waals surface area contributed by atoms with Gasteiger partial charge in [0.15, 0.2) is 0 Å². The van der Waals surface area contributed by atoms with Crippen LogP contribution < -0.4 is 5.73 Å². The molecule has 1 heterocycles. The second-order valence-corrected chi connectivity index (χ2v) is 6.11. The lowest BCUT2D eigenvalue weighted by Crippen LogP contribution is -2.04. The fourth-order valence-electron chi connectivity index (χ4n) is 3.50. The zero-order chi connectivity index (χ0) is 16.5. The van der Waals surface area contributed by atoms with Crippen molar-refractivity contribution in [1.82, 2.24) is 4.98 Å². The molecule has 0 atom stereocenters. The predicted octanol–water partition coefficient (Wildman–Crippen LogP) is 3.89. The van der Waals surface area contributed by atoms with Crippen molar-refractivity contribution in [3.8, 4) is 17.2 Å². The summed E-state index contributed by atoms with van der Waals surface area (Å²) < 4.78 is 0. The van der Waals surface area contributed by atoms with Gasteiger partial charge in [0.05, 0.1) is 11.6 Å². The Morgan fingerprint density at radius 2 is 1.79 bits per heavy atom. The standard InChI is InChI=1S/C21H17N3/c22-12-16-8-4-7-15-11-18-20(10-9-17(15)16)24-13-19(21(18)23)14-5-2-1-3-6-14/h1-8,13H,9-11H2,(H2,23,24). The lowest BCUT2D eigenvalue weighted by Gasteiger charge is -2.13. The number of nitrogens with zero attached hydrogens (tertiary/aromatic N) is 2. The summed E-state index contributed by atoms with van der Waals surface area (Å²) in [5, 5.41) is 9.36. The van der Waals surface area contributed by atoms with Gasteiger partial charge in [-0.2, -0.15) is 5.26 Å². The summed E-state index contributed by atoms with van der Waals surface area (Å²) in [5.41, 5.74) is 14.6. The normalized spacial score (nSPS) is 12.6. The minimum Gasteiger partial charge on any atom is -0.398 e. The number of benzene rings is 2. The third kappa shape index (κ3) is 2.33. The van der Waals surface area contributed by atoms with Gasteiger partial charge in [0.1, 0.15) is 0 Å². The number of hydrogen-bond acceptors (Lipinski definition) is 3. The molecule has 0 saturated carbocycles. The summed E-state index contributed by atoms with van der Waals surface area (Å²) in [6.45, 7) is 0. The first-order valence-electron chi connectivity index (χ1n) is 8.10. The Hall–Kier alpha value is -3.12. The van der Waals surface area contributed by atoms with Crippen molar-refractivity contribution >= 4 is 5.69 Å². The molecule has 0 aliphatic heterocycles. The van der Waals surface area contributed by atoms with Crippen LogP contribution in [0.5, 0.6) is 0 Å². The van der Waals surface area contributed by atoms with E-state index >= 15 is 0 Å². The van der Waals surface area contributed by atoms with E-state index in [2.05, 4.69) is 24.3 Å². The Kier molecular flexibility index (Phi) is 3.51. The van der Waals surface area contributed by atoms with Crippen LogP contribution in [0.25, 0.3) is 11.1 Å². The number of aryl methyl sites for hydroxylation is 1. The monoisotopic (exact) mass is 311 g/mol. The number of pyridine rings is 1. The Balaban J connectivity index is 1.85. The van der Waals surface area contributed by atoms with E-state index in [1.807, 2.05) is 36.5 Å². The highest BCUT2D eigenvalue weighted by atomic mass is 14.7. The molecule has 0 bridgehead atoms. The van der Waals surface area contributed by atoms with E-state index < -0.39 is 0 Å². The number of nitriles is 1. The maximum atomic E-state index is 9.36. The second-order valence-electron chi connectivity index (χ2n) is 6.11. The molecule has 0 saturated heterocycles. The fraction of sp³-hybridized carbons (Fsp3) is 0.143. The van der Waals surface area contributed by atoms with E-state index in [-0.39, 0.29) is 0 Å². The predicted molar refractivity (Wildman–Crippen MR) is 95.5 cm³/mol. The maximum Gasteiger partial charge on any atom is 0.0994 e. The van der Waals surface area contributed by atoms with E-state index in [9.17, 15) is 5.26 Å². The van der Waals surface area contributed by atoms with E-state index in [0.717, 1.165) is 58.5 Å². The molecule has 0 fully saturated rings. The van der Waals surface area contributed by atoms with Crippen molar-refractivity contribution in [2.24, 2.45) is 0 Å². The van der Waals surface area contributed by atoms with Crippen molar-refractivity contribution in [2.45, 2.75) is 19.3 Å². The Bertz CT molecular complexity index is 953. The van der Waals surface area contributed by atoms with E-state index in [4.69, 9.17) is 10.7 Å². The summed E-state index contributed by atoms with van der Waals surface area (Å²) in [6.07, 6.45) is 4.27. The molecule has 1 aromatic heterocycles. The molecular formula is C21H17N3. The van der Waals surface area contributed by atoms with Gasteiger partial charge in [-0.1, -0.05) is 42.5 Å². The number of hydrogen-bond donors (Lipinski definition) is 1. The van der Waals surface area contributed by atoms with E-state index in [1.165, 1.54) is 5.56 Å². The zero-order valence-corrected chi connectivity index (χ0v) is 13.3. The Morgan fingerprint density at radius 1 is 0.958 bits per heavy atom. The van der Waals surface area contributed by atoms with Crippen molar-refractivity contribution in [3.05, 3.63) is 82.7 Å². The Labute approximate surface area is 141 Å². The van der Waals surface area contributed by atoms with Gasteiger partial charge >= 0.3 is 0 Å². The average molecular weight is 311 g/mol. The molecule has 1 aliphatic carbocycles. The highest BCUT2D eigenvalue weighted by molar-refractivity contribution is 5.78. The third-order valence-electron chi connectivity index (χ3n) is 4.77. The number of rotatable bonds is 1. The molecule has 4 rings (SSSR count). The van der Waals surface area contributed by atoms with Crippen LogP contribution >= 0.6 is 0 Å². The minimum absolute atomic E-state index is 0.736. The molecule has 2 N–H and O–H groups in total. The molecular weight excluding hydrogens is 294 g/mol. The number of aromatic nitrogens is 1. The highest BCUT2D eigenvalue weighted by Crippen LogP contribution is 2.34. The SMILES string of the molecule is N#Cc1cccc2c1CCc1ncc(-c3ccccc3)c(N)c1C2. The summed E-state index contributed by atoms with van der Waals surface area (Å²) >= 11 is 0. The molecule has 116 valence electrons. The third-order valence-corrected chi connectivity index (χ3v) is 4.77. The van der Waals surface area contributed by atoms with Crippen LogP contribution in [-0.2, 0) is 19.3 Å². The number of anilines is 1. The van der Waals surface area contributed by atoms with Gasteiger partial charge in [0, 0.05) is 35.1 Å². The molecule has 3 nitrogen and oxygen atoms in total.